The fraction of sp³-hybridized carbons (Fsp3) is 0.769. The van der Waals surface area contributed by atoms with Gasteiger partial charge in [0, 0.05) is 6.04 Å². The zero-order chi connectivity index (χ0) is 14.9. The van der Waals surface area contributed by atoms with Crippen molar-refractivity contribution in [3.63, 3.8) is 0 Å². The van der Waals surface area contributed by atoms with Crippen LogP contribution in [0.15, 0.2) is 0 Å². The number of carbonyl (C=O) groups is 3. The van der Waals surface area contributed by atoms with Crippen LogP contribution < -0.4 is 16.4 Å². The Hall–Kier alpha value is -1.63. The normalized spacial score (nSPS) is 28.6. The first-order valence-electron chi connectivity index (χ1n) is 6.98. The largest absolute Gasteiger partial charge is 0.352 e. The summed E-state index contributed by atoms with van der Waals surface area (Å²) in [5.74, 6) is -0.315. The standard InChI is InChI=1S/C13H22N4O3/c1-13(2)11(19)16-12(20)17(13)7-10(18)15-9-5-3-4-8(9)6-14/h8-9H,3-7,14H2,1-2H3,(H,15,18)(H,16,19,20)/t8-,9-/m1/s1. The average Bonchev–Trinajstić information content (AvgIpc) is 2.88. The number of urea groups is 1. The van der Waals surface area contributed by atoms with Crippen molar-refractivity contribution in [1.82, 2.24) is 15.5 Å². The summed E-state index contributed by atoms with van der Waals surface area (Å²) in [6, 6.07) is -0.436. The molecular weight excluding hydrogens is 260 g/mol. The first kappa shape index (κ1) is 14.8. The predicted octanol–water partition coefficient (Wildman–Crippen LogP) is -0.440. The maximum Gasteiger partial charge on any atom is 0.325 e. The van der Waals surface area contributed by atoms with Crippen molar-refractivity contribution in [3.05, 3.63) is 0 Å². The second-order valence-electron chi connectivity index (χ2n) is 6.01. The van der Waals surface area contributed by atoms with Gasteiger partial charge in [-0.1, -0.05) is 6.42 Å². The van der Waals surface area contributed by atoms with Crippen LogP contribution in [0.1, 0.15) is 33.1 Å². The van der Waals surface area contributed by atoms with E-state index < -0.39 is 11.6 Å². The summed E-state index contributed by atoms with van der Waals surface area (Å²) in [5.41, 5.74) is 4.69. The third kappa shape index (κ3) is 2.63. The number of carbonyl (C=O) groups excluding carboxylic acids is 3. The molecule has 2 aliphatic rings. The highest BCUT2D eigenvalue weighted by molar-refractivity contribution is 6.07. The highest BCUT2D eigenvalue weighted by Gasteiger charge is 2.46. The molecule has 1 heterocycles. The van der Waals surface area contributed by atoms with Crippen molar-refractivity contribution < 1.29 is 14.4 Å². The third-order valence-electron chi connectivity index (χ3n) is 4.31. The molecule has 0 bridgehead atoms. The number of nitrogens with zero attached hydrogens (tertiary/aromatic N) is 1. The molecule has 0 unspecified atom stereocenters. The molecule has 0 aromatic heterocycles. The van der Waals surface area contributed by atoms with Crippen molar-refractivity contribution in [2.45, 2.75) is 44.7 Å². The summed E-state index contributed by atoms with van der Waals surface area (Å²) in [4.78, 5) is 36.6. The number of nitrogens with two attached hydrogens (primary N) is 1. The minimum atomic E-state index is -0.989. The molecule has 0 radical (unpaired) electrons. The maximum atomic E-state index is 12.1. The zero-order valence-corrected chi connectivity index (χ0v) is 11.9. The molecule has 0 aromatic carbocycles. The second-order valence-corrected chi connectivity index (χ2v) is 6.01. The Balaban J connectivity index is 1.95. The lowest BCUT2D eigenvalue weighted by Gasteiger charge is -2.28. The Morgan fingerprint density at radius 1 is 1.45 bits per heavy atom. The van der Waals surface area contributed by atoms with Crippen LogP contribution in [-0.4, -0.2) is 47.4 Å². The molecular formula is C13H22N4O3. The smallest absolute Gasteiger partial charge is 0.325 e. The Morgan fingerprint density at radius 3 is 2.70 bits per heavy atom. The third-order valence-corrected chi connectivity index (χ3v) is 4.31. The van der Waals surface area contributed by atoms with Gasteiger partial charge in [0.2, 0.25) is 5.91 Å². The minimum absolute atomic E-state index is 0.0805. The number of hydrogen-bond donors (Lipinski definition) is 3. The molecule has 112 valence electrons. The Morgan fingerprint density at radius 2 is 2.15 bits per heavy atom. The van der Waals surface area contributed by atoms with Crippen molar-refractivity contribution in [2.75, 3.05) is 13.1 Å². The summed E-state index contributed by atoms with van der Waals surface area (Å²) in [7, 11) is 0. The van der Waals surface area contributed by atoms with Gasteiger partial charge >= 0.3 is 6.03 Å². The van der Waals surface area contributed by atoms with E-state index in [-0.39, 0.29) is 24.4 Å². The molecule has 2 atom stereocenters. The molecule has 2 rings (SSSR count). The Bertz CT molecular complexity index is 435. The highest BCUT2D eigenvalue weighted by Crippen LogP contribution is 2.25. The molecule has 1 aliphatic carbocycles. The van der Waals surface area contributed by atoms with E-state index in [1.54, 1.807) is 13.8 Å². The summed E-state index contributed by atoms with van der Waals surface area (Å²) in [6.07, 6.45) is 3.00. The highest BCUT2D eigenvalue weighted by atomic mass is 16.2. The lowest BCUT2D eigenvalue weighted by Crippen LogP contribution is -2.51. The van der Waals surface area contributed by atoms with E-state index in [0.29, 0.717) is 12.5 Å². The summed E-state index contributed by atoms with van der Waals surface area (Å²) >= 11 is 0. The van der Waals surface area contributed by atoms with Gasteiger partial charge in [-0.15, -0.1) is 0 Å². The zero-order valence-electron chi connectivity index (χ0n) is 11.9. The molecule has 4 N–H and O–H groups in total. The summed E-state index contributed by atoms with van der Waals surface area (Å²) in [6.45, 7) is 3.69. The van der Waals surface area contributed by atoms with Gasteiger partial charge in [0.05, 0.1) is 0 Å². The van der Waals surface area contributed by atoms with Gasteiger partial charge in [-0.3, -0.25) is 14.9 Å². The quantitative estimate of drug-likeness (QED) is 0.608. The van der Waals surface area contributed by atoms with Crippen LogP contribution in [0.5, 0.6) is 0 Å². The van der Waals surface area contributed by atoms with E-state index in [4.69, 9.17) is 5.73 Å². The molecule has 7 nitrogen and oxygen atoms in total. The molecule has 4 amide bonds. The van der Waals surface area contributed by atoms with Crippen LogP contribution in [0.4, 0.5) is 4.79 Å². The van der Waals surface area contributed by atoms with Crippen molar-refractivity contribution in [1.29, 1.82) is 0 Å². The average molecular weight is 282 g/mol. The van der Waals surface area contributed by atoms with Gasteiger partial charge in [0.15, 0.2) is 0 Å². The fourth-order valence-corrected chi connectivity index (χ4v) is 2.87. The van der Waals surface area contributed by atoms with Gasteiger partial charge in [-0.05, 0) is 39.2 Å². The number of hydrogen-bond acceptors (Lipinski definition) is 4. The molecule has 0 aromatic rings. The van der Waals surface area contributed by atoms with E-state index in [9.17, 15) is 14.4 Å². The molecule has 1 aliphatic heterocycles. The van der Waals surface area contributed by atoms with Crippen LogP contribution in [0.3, 0.4) is 0 Å². The number of nitrogens with one attached hydrogen (secondary N) is 2. The van der Waals surface area contributed by atoms with Crippen LogP contribution in [0.25, 0.3) is 0 Å². The van der Waals surface area contributed by atoms with E-state index in [1.165, 1.54) is 4.90 Å². The maximum absolute atomic E-state index is 12.1. The predicted molar refractivity (Wildman–Crippen MR) is 72.6 cm³/mol. The molecule has 2 fully saturated rings. The first-order chi connectivity index (χ1) is 9.36. The molecule has 0 spiro atoms. The summed E-state index contributed by atoms with van der Waals surface area (Å²) < 4.78 is 0. The van der Waals surface area contributed by atoms with E-state index in [2.05, 4.69) is 10.6 Å². The SMILES string of the molecule is CC1(C)C(=O)NC(=O)N1CC(=O)N[C@@H]1CCC[C@@H]1CN. The lowest BCUT2D eigenvalue weighted by atomic mass is 10.0. The number of rotatable bonds is 4. The molecule has 7 heteroatoms. The van der Waals surface area contributed by atoms with Crippen molar-refractivity contribution in [2.24, 2.45) is 11.7 Å². The van der Waals surface area contributed by atoms with Gasteiger partial charge in [-0.25, -0.2) is 4.79 Å². The van der Waals surface area contributed by atoms with E-state index >= 15 is 0 Å². The van der Waals surface area contributed by atoms with Crippen molar-refractivity contribution in [3.8, 4) is 0 Å². The molecule has 20 heavy (non-hydrogen) atoms. The lowest BCUT2D eigenvalue weighted by molar-refractivity contribution is -0.127. The topological polar surface area (TPSA) is 105 Å². The van der Waals surface area contributed by atoms with Crippen molar-refractivity contribution >= 4 is 17.8 Å². The molecule has 1 saturated heterocycles. The fourth-order valence-electron chi connectivity index (χ4n) is 2.87. The Labute approximate surface area is 118 Å². The van der Waals surface area contributed by atoms with Gasteiger partial charge < -0.3 is 16.0 Å². The van der Waals surface area contributed by atoms with E-state index in [0.717, 1.165) is 19.3 Å². The van der Waals surface area contributed by atoms with E-state index in [1.807, 2.05) is 0 Å². The first-order valence-corrected chi connectivity index (χ1v) is 6.98. The van der Waals surface area contributed by atoms with Crippen LogP contribution in [0.2, 0.25) is 0 Å². The van der Waals surface area contributed by atoms with Crippen LogP contribution >= 0.6 is 0 Å². The Kier molecular flexibility index (Phi) is 3.99. The van der Waals surface area contributed by atoms with Gasteiger partial charge in [0.1, 0.15) is 12.1 Å². The van der Waals surface area contributed by atoms with Crippen LogP contribution in [0, 0.1) is 5.92 Å². The van der Waals surface area contributed by atoms with Gasteiger partial charge in [-0.2, -0.15) is 0 Å². The summed E-state index contributed by atoms with van der Waals surface area (Å²) in [5, 5.41) is 5.15. The van der Waals surface area contributed by atoms with Gasteiger partial charge in [0.25, 0.3) is 5.91 Å². The van der Waals surface area contributed by atoms with Crippen LogP contribution in [-0.2, 0) is 9.59 Å². The number of imide groups is 1. The second kappa shape index (κ2) is 5.40. The monoisotopic (exact) mass is 282 g/mol. The molecule has 1 saturated carbocycles. The number of amides is 4. The minimum Gasteiger partial charge on any atom is -0.352 e.